The second kappa shape index (κ2) is 4.22. The van der Waals surface area contributed by atoms with Gasteiger partial charge in [0.1, 0.15) is 5.75 Å². The fourth-order valence-corrected chi connectivity index (χ4v) is 3.72. The summed E-state index contributed by atoms with van der Waals surface area (Å²) in [6.07, 6.45) is 3.66. The number of Topliss-reactive ketones (excluding diaryl/α,β-unsaturated/α-hetero) is 1. The van der Waals surface area contributed by atoms with Gasteiger partial charge in [-0.25, -0.2) is 0 Å². The predicted molar refractivity (Wildman–Crippen MR) is 75.6 cm³/mol. The van der Waals surface area contributed by atoms with Crippen LogP contribution in [0.3, 0.4) is 0 Å². The van der Waals surface area contributed by atoms with Gasteiger partial charge >= 0.3 is 0 Å². The molecule has 0 spiro atoms. The topological polar surface area (TPSA) is 26.3 Å². The third-order valence-electron chi connectivity index (χ3n) is 4.94. The van der Waals surface area contributed by atoms with Gasteiger partial charge in [-0.1, -0.05) is 18.6 Å². The van der Waals surface area contributed by atoms with Crippen LogP contribution < -0.4 is 4.74 Å². The molecule has 0 saturated heterocycles. The fourth-order valence-electron chi connectivity index (χ4n) is 3.72. The van der Waals surface area contributed by atoms with Crippen LogP contribution in [-0.4, -0.2) is 12.9 Å². The summed E-state index contributed by atoms with van der Waals surface area (Å²) in [6, 6.07) is 6.39. The highest BCUT2D eigenvalue weighted by Crippen LogP contribution is 2.49. The number of aryl methyl sites for hydroxylation is 1. The van der Waals surface area contributed by atoms with Crippen molar-refractivity contribution in [2.24, 2.45) is 0 Å². The Kier molecular flexibility index (Phi) is 2.77. The lowest BCUT2D eigenvalue weighted by atomic mass is 9.61. The molecule has 0 aromatic heterocycles. The van der Waals surface area contributed by atoms with Crippen LogP contribution in [-0.2, 0) is 16.6 Å². The maximum atomic E-state index is 11.9. The smallest absolute Gasteiger partial charge is 0.158 e. The summed E-state index contributed by atoms with van der Waals surface area (Å²) in [5.41, 5.74) is 5.15. The monoisotopic (exact) mass is 256 g/mol. The molecule has 2 aliphatic rings. The summed E-state index contributed by atoms with van der Waals surface area (Å²) in [7, 11) is 1.71. The summed E-state index contributed by atoms with van der Waals surface area (Å²) in [4.78, 5) is 11.9. The lowest BCUT2D eigenvalue weighted by Gasteiger charge is -2.42. The zero-order valence-corrected chi connectivity index (χ0v) is 11.9. The number of benzene rings is 1. The Labute approximate surface area is 114 Å². The molecule has 3 rings (SSSR count). The normalized spacial score (nSPS) is 25.9. The van der Waals surface area contributed by atoms with Gasteiger partial charge < -0.3 is 4.74 Å². The zero-order chi connectivity index (χ0) is 13.6. The molecule has 0 radical (unpaired) electrons. The highest BCUT2D eigenvalue weighted by atomic mass is 16.5. The van der Waals surface area contributed by atoms with Gasteiger partial charge in [0.2, 0.25) is 0 Å². The van der Waals surface area contributed by atoms with Crippen LogP contribution >= 0.6 is 0 Å². The quantitative estimate of drug-likeness (QED) is 0.767. The average Bonchev–Trinajstić information content (AvgIpc) is 2.43. The lowest BCUT2D eigenvalue weighted by molar-refractivity contribution is -0.116. The molecule has 0 fully saturated rings. The van der Waals surface area contributed by atoms with Crippen molar-refractivity contribution >= 4 is 5.78 Å². The van der Waals surface area contributed by atoms with E-state index >= 15 is 0 Å². The van der Waals surface area contributed by atoms with E-state index in [1.165, 1.54) is 16.7 Å². The van der Waals surface area contributed by atoms with E-state index in [0.29, 0.717) is 12.2 Å². The first-order valence-electron chi connectivity index (χ1n) is 6.97. The number of rotatable bonds is 1. The Morgan fingerprint density at radius 2 is 2.00 bits per heavy atom. The minimum Gasteiger partial charge on any atom is -0.497 e. The summed E-state index contributed by atoms with van der Waals surface area (Å²) in [5.74, 6) is 1.24. The number of carbonyl (C=O) groups excluding carboxylic acids is 1. The Morgan fingerprint density at radius 1 is 1.21 bits per heavy atom. The number of hydrogen-bond donors (Lipinski definition) is 0. The first kappa shape index (κ1) is 12.5. The van der Waals surface area contributed by atoms with E-state index in [2.05, 4.69) is 19.1 Å². The van der Waals surface area contributed by atoms with E-state index in [4.69, 9.17) is 4.74 Å². The molecule has 19 heavy (non-hydrogen) atoms. The van der Waals surface area contributed by atoms with Crippen LogP contribution in [0, 0.1) is 0 Å². The van der Waals surface area contributed by atoms with Crippen molar-refractivity contribution in [2.45, 2.75) is 44.9 Å². The molecular weight excluding hydrogens is 236 g/mol. The minimum absolute atomic E-state index is 0.0279. The van der Waals surface area contributed by atoms with Crippen molar-refractivity contribution in [1.29, 1.82) is 0 Å². The molecule has 2 aliphatic carbocycles. The number of ketones is 1. The molecular formula is C17H20O2. The predicted octanol–water partition coefficient (Wildman–Crippen LogP) is 3.58. The van der Waals surface area contributed by atoms with Crippen LogP contribution in [0.25, 0.3) is 0 Å². The number of methoxy groups -OCH3 is 1. The first-order valence-corrected chi connectivity index (χ1v) is 6.97. The van der Waals surface area contributed by atoms with Crippen LogP contribution in [0.4, 0.5) is 0 Å². The molecule has 2 nitrogen and oxygen atoms in total. The summed E-state index contributed by atoms with van der Waals surface area (Å²) < 4.78 is 5.37. The Hall–Kier alpha value is -1.57. The van der Waals surface area contributed by atoms with Crippen molar-refractivity contribution in [3.05, 3.63) is 40.5 Å². The fraction of sp³-hybridized carbons (Fsp3) is 0.471. The first-order chi connectivity index (χ1) is 9.06. The molecule has 100 valence electrons. The van der Waals surface area contributed by atoms with E-state index in [9.17, 15) is 4.79 Å². The second-order valence-corrected chi connectivity index (χ2v) is 5.88. The van der Waals surface area contributed by atoms with Crippen molar-refractivity contribution in [2.75, 3.05) is 7.11 Å². The number of carbonyl (C=O) groups is 1. The van der Waals surface area contributed by atoms with E-state index in [1.54, 1.807) is 7.11 Å². The van der Waals surface area contributed by atoms with Crippen molar-refractivity contribution < 1.29 is 9.53 Å². The molecule has 1 aromatic rings. The van der Waals surface area contributed by atoms with Gasteiger partial charge in [-0.3, -0.25) is 4.79 Å². The molecule has 1 atom stereocenters. The third kappa shape index (κ3) is 1.73. The number of allylic oxidation sites excluding steroid dienone is 2. The van der Waals surface area contributed by atoms with Crippen LogP contribution in [0.15, 0.2) is 29.3 Å². The Balaban J connectivity index is 2.20. The van der Waals surface area contributed by atoms with Crippen molar-refractivity contribution in [1.82, 2.24) is 0 Å². The van der Waals surface area contributed by atoms with E-state index < -0.39 is 0 Å². The van der Waals surface area contributed by atoms with Crippen LogP contribution in [0.2, 0.25) is 0 Å². The standard InChI is InChI=1S/C17H20O2/c1-11-14-7-5-12-4-6-13(19-3)10-15(12)17(14,2)9-8-16(11)18/h4,6,10H,5,7-9H2,1-3H3/t17-/m0/s1. The largest absolute Gasteiger partial charge is 0.497 e. The molecule has 1 aromatic carbocycles. The summed E-state index contributed by atoms with van der Waals surface area (Å²) in [5, 5.41) is 0. The van der Waals surface area contributed by atoms with E-state index in [-0.39, 0.29) is 5.41 Å². The van der Waals surface area contributed by atoms with E-state index in [0.717, 1.165) is 30.6 Å². The van der Waals surface area contributed by atoms with Crippen LogP contribution in [0.1, 0.15) is 44.2 Å². The number of hydrogen-bond acceptors (Lipinski definition) is 2. The van der Waals surface area contributed by atoms with Crippen molar-refractivity contribution in [3.63, 3.8) is 0 Å². The number of ether oxygens (including phenoxy) is 1. The Morgan fingerprint density at radius 3 is 2.74 bits per heavy atom. The average molecular weight is 256 g/mol. The number of fused-ring (bicyclic) bond motifs is 3. The molecule has 0 unspecified atom stereocenters. The van der Waals surface area contributed by atoms with Gasteiger partial charge in [0.15, 0.2) is 5.78 Å². The van der Waals surface area contributed by atoms with Gasteiger partial charge in [-0.15, -0.1) is 0 Å². The molecule has 0 heterocycles. The zero-order valence-electron chi connectivity index (χ0n) is 11.9. The minimum atomic E-state index is 0.0279. The van der Waals surface area contributed by atoms with Gasteiger partial charge in [0.25, 0.3) is 0 Å². The SMILES string of the molecule is COc1ccc2c(c1)[C@@]1(C)CCC(=O)C(C)=C1CC2. The Bertz CT molecular complexity index is 583. The highest BCUT2D eigenvalue weighted by molar-refractivity contribution is 5.97. The van der Waals surface area contributed by atoms with Crippen LogP contribution in [0.5, 0.6) is 5.75 Å². The van der Waals surface area contributed by atoms with Gasteiger partial charge in [0, 0.05) is 11.8 Å². The molecule has 0 saturated carbocycles. The molecule has 0 aliphatic heterocycles. The summed E-state index contributed by atoms with van der Waals surface area (Å²) >= 11 is 0. The molecule has 2 heteroatoms. The van der Waals surface area contributed by atoms with Gasteiger partial charge in [0.05, 0.1) is 7.11 Å². The highest BCUT2D eigenvalue weighted by Gasteiger charge is 2.41. The summed E-state index contributed by atoms with van der Waals surface area (Å²) in [6.45, 7) is 4.29. The van der Waals surface area contributed by atoms with Gasteiger partial charge in [-0.2, -0.15) is 0 Å². The second-order valence-electron chi connectivity index (χ2n) is 5.88. The van der Waals surface area contributed by atoms with Crippen molar-refractivity contribution in [3.8, 4) is 5.75 Å². The molecule has 0 N–H and O–H groups in total. The third-order valence-corrected chi connectivity index (χ3v) is 4.94. The molecule has 0 bridgehead atoms. The maximum Gasteiger partial charge on any atom is 0.158 e. The maximum absolute atomic E-state index is 11.9. The lowest BCUT2D eigenvalue weighted by Crippen LogP contribution is -2.36. The molecule has 0 amide bonds. The van der Waals surface area contributed by atoms with E-state index in [1.807, 2.05) is 13.0 Å². The van der Waals surface area contributed by atoms with Gasteiger partial charge in [-0.05, 0) is 55.0 Å².